The molecule has 1 heterocycles. The van der Waals surface area contributed by atoms with E-state index in [1.54, 1.807) is 0 Å². The molecule has 0 unspecified atom stereocenters. The van der Waals surface area contributed by atoms with Crippen LogP contribution in [-0.4, -0.2) is 10.2 Å². The predicted octanol–water partition coefficient (Wildman–Crippen LogP) is 2.69. The van der Waals surface area contributed by atoms with Gasteiger partial charge in [-0.1, -0.05) is 32.6 Å². The zero-order valence-corrected chi connectivity index (χ0v) is 9.97. The second kappa shape index (κ2) is 6.62. The van der Waals surface area contributed by atoms with Crippen LogP contribution in [0.5, 0.6) is 0 Å². The number of aromatic amines is 1. The molecule has 0 spiro atoms. The van der Waals surface area contributed by atoms with E-state index in [2.05, 4.69) is 17.1 Å². The van der Waals surface area contributed by atoms with Crippen molar-refractivity contribution < 1.29 is 0 Å². The maximum absolute atomic E-state index is 5.69. The van der Waals surface area contributed by atoms with Gasteiger partial charge in [-0.3, -0.25) is 5.10 Å². The molecule has 0 bridgehead atoms. The number of nitrogens with two attached hydrogens (primary N) is 1. The molecular formula is C12H23N3. The SMILES string of the molecule is CCCCCCCc1n[nH]c(C)c1CN. The lowest BCUT2D eigenvalue weighted by atomic mass is 10.1. The number of aromatic nitrogens is 2. The van der Waals surface area contributed by atoms with E-state index < -0.39 is 0 Å². The fraction of sp³-hybridized carbons (Fsp3) is 0.750. The predicted molar refractivity (Wildman–Crippen MR) is 63.7 cm³/mol. The average Bonchev–Trinajstić information content (AvgIpc) is 2.59. The van der Waals surface area contributed by atoms with E-state index in [1.165, 1.54) is 43.4 Å². The third kappa shape index (κ3) is 3.67. The molecular weight excluding hydrogens is 186 g/mol. The number of hydrogen-bond donors (Lipinski definition) is 2. The van der Waals surface area contributed by atoms with Gasteiger partial charge in [-0.15, -0.1) is 0 Å². The first kappa shape index (κ1) is 12.2. The lowest BCUT2D eigenvalue weighted by Crippen LogP contribution is -2.01. The summed E-state index contributed by atoms with van der Waals surface area (Å²) in [7, 11) is 0. The van der Waals surface area contributed by atoms with Crippen LogP contribution in [-0.2, 0) is 13.0 Å². The molecule has 0 aromatic carbocycles. The van der Waals surface area contributed by atoms with Crippen LogP contribution in [0.1, 0.15) is 56.0 Å². The number of nitrogens with zero attached hydrogens (tertiary/aromatic N) is 1. The zero-order chi connectivity index (χ0) is 11.1. The Kier molecular flexibility index (Phi) is 5.40. The highest BCUT2D eigenvalue weighted by molar-refractivity contribution is 5.23. The van der Waals surface area contributed by atoms with Gasteiger partial charge in [0.25, 0.3) is 0 Å². The standard InChI is InChI=1S/C12H23N3/c1-3-4-5-6-7-8-12-11(9-13)10(2)14-15-12/h3-9,13H2,1-2H3,(H,14,15). The Labute approximate surface area is 92.5 Å². The van der Waals surface area contributed by atoms with E-state index in [1.807, 2.05) is 6.92 Å². The summed E-state index contributed by atoms with van der Waals surface area (Å²) >= 11 is 0. The van der Waals surface area contributed by atoms with Gasteiger partial charge in [0, 0.05) is 17.8 Å². The van der Waals surface area contributed by atoms with E-state index in [9.17, 15) is 0 Å². The van der Waals surface area contributed by atoms with Gasteiger partial charge in [0.15, 0.2) is 0 Å². The zero-order valence-electron chi connectivity index (χ0n) is 9.97. The molecule has 0 amide bonds. The molecule has 1 aromatic heterocycles. The third-order valence-corrected chi connectivity index (χ3v) is 2.88. The summed E-state index contributed by atoms with van der Waals surface area (Å²) in [6.45, 7) is 4.88. The molecule has 3 nitrogen and oxygen atoms in total. The van der Waals surface area contributed by atoms with Crippen molar-refractivity contribution >= 4 is 0 Å². The first-order valence-corrected chi connectivity index (χ1v) is 6.02. The van der Waals surface area contributed by atoms with Crippen LogP contribution in [0.2, 0.25) is 0 Å². The van der Waals surface area contributed by atoms with Crippen molar-refractivity contribution in [1.29, 1.82) is 0 Å². The number of aryl methyl sites for hydroxylation is 2. The van der Waals surface area contributed by atoms with E-state index in [4.69, 9.17) is 5.73 Å². The van der Waals surface area contributed by atoms with Crippen LogP contribution in [0.15, 0.2) is 0 Å². The van der Waals surface area contributed by atoms with Crippen LogP contribution >= 0.6 is 0 Å². The quantitative estimate of drug-likeness (QED) is 0.678. The summed E-state index contributed by atoms with van der Waals surface area (Å²) in [6, 6.07) is 0. The molecule has 0 aliphatic heterocycles. The van der Waals surface area contributed by atoms with Crippen LogP contribution in [0.3, 0.4) is 0 Å². The topological polar surface area (TPSA) is 54.7 Å². The smallest absolute Gasteiger partial charge is 0.0669 e. The molecule has 3 heteroatoms. The van der Waals surface area contributed by atoms with Crippen LogP contribution in [0, 0.1) is 6.92 Å². The summed E-state index contributed by atoms with van der Waals surface area (Å²) in [6.07, 6.45) is 7.61. The van der Waals surface area contributed by atoms with Crippen molar-refractivity contribution in [3.63, 3.8) is 0 Å². The normalized spacial score (nSPS) is 10.9. The summed E-state index contributed by atoms with van der Waals surface area (Å²) in [5.74, 6) is 0. The van der Waals surface area contributed by atoms with Gasteiger partial charge in [0.1, 0.15) is 0 Å². The van der Waals surface area contributed by atoms with Gasteiger partial charge in [-0.2, -0.15) is 5.10 Å². The highest BCUT2D eigenvalue weighted by atomic mass is 15.1. The number of rotatable bonds is 7. The minimum absolute atomic E-state index is 0.604. The molecule has 3 N–H and O–H groups in total. The monoisotopic (exact) mass is 209 g/mol. The molecule has 1 rings (SSSR count). The highest BCUT2D eigenvalue weighted by Crippen LogP contribution is 2.13. The Morgan fingerprint density at radius 2 is 1.93 bits per heavy atom. The van der Waals surface area contributed by atoms with Gasteiger partial charge in [-0.05, 0) is 19.8 Å². The summed E-state index contributed by atoms with van der Waals surface area (Å²) in [5, 5.41) is 7.31. The lowest BCUT2D eigenvalue weighted by Gasteiger charge is -2.01. The Morgan fingerprint density at radius 3 is 2.60 bits per heavy atom. The maximum atomic E-state index is 5.69. The van der Waals surface area contributed by atoms with E-state index >= 15 is 0 Å². The summed E-state index contributed by atoms with van der Waals surface area (Å²) in [4.78, 5) is 0. The van der Waals surface area contributed by atoms with E-state index in [-0.39, 0.29) is 0 Å². The first-order valence-electron chi connectivity index (χ1n) is 6.02. The molecule has 86 valence electrons. The molecule has 15 heavy (non-hydrogen) atoms. The number of nitrogens with one attached hydrogen (secondary N) is 1. The lowest BCUT2D eigenvalue weighted by molar-refractivity contribution is 0.626. The largest absolute Gasteiger partial charge is 0.326 e. The van der Waals surface area contributed by atoms with Crippen LogP contribution in [0.4, 0.5) is 0 Å². The van der Waals surface area contributed by atoms with E-state index in [0.29, 0.717) is 6.54 Å². The highest BCUT2D eigenvalue weighted by Gasteiger charge is 2.07. The van der Waals surface area contributed by atoms with Gasteiger partial charge in [-0.25, -0.2) is 0 Å². The van der Waals surface area contributed by atoms with Crippen molar-refractivity contribution in [3.8, 4) is 0 Å². The minimum atomic E-state index is 0.604. The second-order valence-electron chi connectivity index (χ2n) is 4.14. The molecule has 1 aromatic rings. The Balaban J connectivity index is 2.30. The van der Waals surface area contributed by atoms with Crippen molar-refractivity contribution in [1.82, 2.24) is 10.2 Å². The molecule has 0 radical (unpaired) electrons. The summed E-state index contributed by atoms with van der Waals surface area (Å²) in [5.41, 5.74) is 9.20. The van der Waals surface area contributed by atoms with Crippen molar-refractivity contribution in [2.75, 3.05) is 0 Å². The second-order valence-corrected chi connectivity index (χ2v) is 4.14. The van der Waals surface area contributed by atoms with Crippen molar-refractivity contribution in [2.45, 2.75) is 58.9 Å². The number of unbranched alkanes of at least 4 members (excludes halogenated alkanes) is 4. The fourth-order valence-electron chi connectivity index (χ4n) is 1.88. The van der Waals surface area contributed by atoms with E-state index in [0.717, 1.165) is 12.1 Å². The number of H-pyrrole nitrogens is 1. The minimum Gasteiger partial charge on any atom is -0.326 e. The first-order chi connectivity index (χ1) is 7.29. The van der Waals surface area contributed by atoms with Gasteiger partial charge >= 0.3 is 0 Å². The average molecular weight is 209 g/mol. The van der Waals surface area contributed by atoms with Gasteiger partial charge in [0.05, 0.1) is 5.69 Å². The van der Waals surface area contributed by atoms with Crippen molar-refractivity contribution in [3.05, 3.63) is 17.0 Å². The maximum Gasteiger partial charge on any atom is 0.0669 e. The Hall–Kier alpha value is -0.830. The van der Waals surface area contributed by atoms with Crippen LogP contribution in [0.25, 0.3) is 0 Å². The third-order valence-electron chi connectivity index (χ3n) is 2.88. The fourth-order valence-corrected chi connectivity index (χ4v) is 1.88. The van der Waals surface area contributed by atoms with Crippen LogP contribution < -0.4 is 5.73 Å². The van der Waals surface area contributed by atoms with Gasteiger partial charge < -0.3 is 5.73 Å². The summed E-state index contributed by atoms with van der Waals surface area (Å²) < 4.78 is 0. The Morgan fingerprint density at radius 1 is 1.20 bits per heavy atom. The molecule has 0 saturated carbocycles. The molecule has 0 aliphatic rings. The van der Waals surface area contributed by atoms with Crippen molar-refractivity contribution in [2.24, 2.45) is 5.73 Å². The molecule has 0 saturated heterocycles. The van der Waals surface area contributed by atoms with Gasteiger partial charge in [0.2, 0.25) is 0 Å². The Bertz CT molecular complexity index is 278. The molecule has 0 atom stereocenters. The molecule has 0 aliphatic carbocycles. The number of hydrogen-bond acceptors (Lipinski definition) is 2. The molecule has 0 fully saturated rings.